The molecule has 0 unspecified atom stereocenters. The monoisotopic (exact) mass is 451 g/mol. The van der Waals surface area contributed by atoms with Crippen LogP contribution in [0.2, 0.25) is 5.02 Å². The van der Waals surface area contributed by atoms with Gasteiger partial charge in [-0.2, -0.15) is 4.31 Å². The Balaban J connectivity index is 1.86. The fourth-order valence-corrected chi connectivity index (χ4v) is 4.63. The molecule has 2 aromatic heterocycles. The Morgan fingerprint density at radius 2 is 1.97 bits per heavy atom. The molecule has 1 amide bonds. The van der Waals surface area contributed by atoms with Crippen LogP contribution in [0.5, 0.6) is 0 Å². The highest BCUT2D eigenvalue weighted by atomic mass is 35.5. The minimum Gasteiger partial charge on any atom is -0.296 e. The maximum absolute atomic E-state index is 12.7. The summed E-state index contributed by atoms with van der Waals surface area (Å²) in [6.07, 6.45) is 1.63. The minimum absolute atomic E-state index is 0.0188. The predicted molar refractivity (Wildman–Crippen MR) is 113 cm³/mol. The Hall–Kier alpha value is -2.40. The maximum atomic E-state index is 12.7. The summed E-state index contributed by atoms with van der Waals surface area (Å²) in [7, 11) is -2.27. The third-order valence-electron chi connectivity index (χ3n) is 4.12. The number of hydrogen-bond donors (Lipinski definition) is 1. The van der Waals surface area contributed by atoms with E-state index in [0.717, 1.165) is 11.3 Å². The van der Waals surface area contributed by atoms with Gasteiger partial charge >= 0.3 is 0 Å². The van der Waals surface area contributed by atoms with Crippen molar-refractivity contribution in [3.63, 3.8) is 0 Å². The fraction of sp³-hybridized carbons (Fsp3) is 0.222. The molecule has 0 fully saturated rings. The quantitative estimate of drug-likeness (QED) is 0.614. The largest absolute Gasteiger partial charge is 0.296 e. The molecule has 0 saturated heterocycles. The zero-order valence-electron chi connectivity index (χ0n) is 15.8. The summed E-state index contributed by atoms with van der Waals surface area (Å²) in [5, 5.41) is 11.5. The second-order valence-corrected chi connectivity index (χ2v) is 9.72. The van der Waals surface area contributed by atoms with E-state index in [0.29, 0.717) is 10.7 Å². The Bertz CT molecular complexity index is 1130. The molecule has 11 heteroatoms. The van der Waals surface area contributed by atoms with Crippen molar-refractivity contribution in [2.45, 2.75) is 24.8 Å². The van der Waals surface area contributed by atoms with E-state index in [-0.39, 0.29) is 26.7 Å². The summed E-state index contributed by atoms with van der Waals surface area (Å²) in [6.45, 7) is 3.52. The van der Waals surface area contributed by atoms with Crippen LogP contribution < -0.4 is 5.32 Å². The number of hydrogen-bond acceptors (Lipinski definition) is 7. The standard InChI is InChI=1S/C18H18ClN5O3S2/c1-11(2)24(3)29(26,27)12-7-8-14(19)13(10-12)16(25)21-18-23-22-17(28-18)15-6-4-5-9-20-15/h4-11H,1-3H3,(H,21,23,25). The normalized spacial score (nSPS) is 11.8. The zero-order valence-corrected chi connectivity index (χ0v) is 18.2. The van der Waals surface area contributed by atoms with Crippen molar-refractivity contribution in [1.29, 1.82) is 0 Å². The molecule has 0 atom stereocenters. The maximum Gasteiger partial charge on any atom is 0.259 e. The summed E-state index contributed by atoms with van der Waals surface area (Å²) in [5.74, 6) is -0.581. The van der Waals surface area contributed by atoms with Gasteiger partial charge in [-0.1, -0.05) is 29.0 Å². The van der Waals surface area contributed by atoms with Crippen LogP contribution in [0, 0.1) is 0 Å². The lowest BCUT2D eigenvalue weighted by molar-refractivity contribution is 0.102. The zero-order chi connectivity index (χ0) is 21.2. The number of amides is 1. The summed E-state index contributed by atoms with van der Waals surface area (Å²) in [4.78, 5) is 16.8. The summed E-state index contributed by atoms with van der Waals surface area (Å²) < 4.78 is 26.6. The average molecular weight is 452 g/mol. The molecule has 1 aromatic carbocycles. The minimum atomic E-state index is -3.75. The first-order chi connectivity index (χ1) is 13.7. The number of nitrogens with one attached hydrogen (secondary N) is 1. The van der Waals surface area contributed by atoms with E-state index in [4.69, 9.17) is 11.6 Å². The molecule has 29 heavy (non-hydrogen) atoms. The van der Waals surface area contributed by atoms with Crippen molar-refractivity contribution in [2.24, 2.45) is 0 Å². The first kappa shape index (κ1) is 21.3. The van der Waals surface area contributed by atoms with E-state index in [2.05, 4.69) is 20.5 Å². The third-order valence-corrected chi connectivity index (χ3v) is 7.34. The number of nitrogens with zero attached hydrogens (tertiary/aromatic N) is 4. The third kappa shape index (κ3) is 4.61. The lowest BCUT2D eigenvalue weighted by Gasteiger charge is -2.21. The predicted octanol–water partition coefficient (Wildman–Crippen LogP) is 3.53. The number of benzene rings is 1. The number of rotatable bonds is 6. The Morgan fingerprint density at radius 1 is 1.21 bits per heavy atom. The molecular formula is C18H18ClN5O3S2. The summed E-state index contributed by atoms with van der Waals surface area (Å²) in [6, 6.07) is 9.16. The van der Waals surface area contributed by atoms with Gasteiger partial charge in [0, 0.05) is 19.3 Å². The number of halogens is 1. The molecule has 8 nitrogen and oxygen atoms in total. The van der Waals surface area contributed by atoms with E-state index >= 15 is 0 Å². The molecule has 0 bridgehead atoms. The van der Waals surface area contributed by atoms with Crippen molar-refractivity contribution in [3.05, 3.63) is 53.2 Å². The fourth-order valence-electron chi connectivity index (χ4n) is 2.31. The number of carbonyl (C=O) groups is 1. The van der Waals surface area contributed by atoms with Crippen LogP contribution in [0.25, 0.3) is 10.7 Å². The van der Waals surface area contributed by atoms with Gasteiger partial charge in [-0.25, -0.2) is 8.42 Å². The lowest BCUT2D eigenvalue weighted by Crippen LogP contribution is -2.33. The topological polar surface area (TPSA) is 105 Å². The van der Waals surface area contributed by atoms with Gasteiger partial charge in [0.05, 0.1) is 15.5 Å². The van der Waals surface area contributed by atoms with Crippen LogP contribution in [0.4, 0.5) is 5.13 Å². The molecule has 0 radical (unpaired) electrons. The molecule has 0 spiro atoms. The van der Waals surface area contributed by atoms with E-state index in [9.17, 15) is 13.2 Å². The molecule has 1 N–H and O–H groups in total. The smallest absolute Gasteiger partial charge is 0.259 e. The molecule has 0 aliphatic heterocycles. The molecule has 3 aromatic rings. The van der Waals surface area contributed by atoms with Crippen molar-refractivity contribution in [2.75, 3.05) is 12.4 Å². The van der Waals surface area contributed by atoms with Gasteiger partial charge in [0.1, 0.15) is 5.69 Å². The van der Waals surface area contributed by atoms with Crippen LogP contribution in [0.1, 0.15) is 24.2 Å². The number of anilines is 1. The van der Waals surface area contributed by atoms with Crippen LogP contribution >= 0.6 is 22.9 Å². The molecule has 0 aliphatic rings. The van der Waals surface area contributed by atoms with Crippen LogP contribution in [-0.4, -0.2) is 46.9 Å². The highest BCUT2D eigenvalue weighted by Crippen LogP contribution is 2.27. The van der Waals surface area contributed by atoms with Gasteiger partial charge in [-0.15, -0.1) is 10.2 Å². The first-order valence-corrected chi connectivity index (χ1v) is 11.2. The van der Waals surface area contributed by atoms with Crippen LogP contribution in [0.3, 0.4) is 0 Å². The Labute approximate surface area is 177 Å². The van der Waals surface area contributed by atoms with Gasteiger partial charge in [0.2, 0.25) is 15.2 Å². The van der Waals surface area contributed by atoms with E-state index in [1.807, 2.05) is 6.07 Å². The molecular weight excluding hydrogens is 434 g/mol. The SMILES string of the molecule is CC(C)N(C)S(=O)(=O)c1ccc(Cl)c(C(=O)Nc2nnc(-c3ccccn3)s2)c1. The number of sulfonamides is 1. The van der Waals surface area contributed by atoms with E-state index in [1.165, 1.54) is 29.6 Å². The van der Waals surface area contributed by atoms with Gasteiger partial charge in [0.15, 0.2) is 5.01 Å². The molecule has 0 saturated carbocycles. The highest BCUT2D eigenvalue weighted by molar-refractivity contribution is 7.89. The Kier molecular flexibility index (Phi) is 6.27. The van der Waals surface area contributed by atoms with Crippen LogP contribution in [0.15, 0.2) is 47.5 Å². The second kappa shape index (κ2) is 8.54. The van der Waals surface area contributed by atoms with Crippen molar-refractivity contribution >= 4 is 44.0 Å². The molecule has 2 heterocycles. The van der Waals surface area contributed by atoms with Gasteiger partial charge < -0.3 is 0 Å². The number of aromatic nitrogens is 3. The van der Waals surface area contributed by atoms with Crippen molar-refractivity contribution < 1.29 is 13.2 Å². The average Bonchev–Trinajstić information content (AvgIpc) is 3.16. The molecule has 3 rings (SSSR count). The summed E-state index contributed by atoms with van der Waals surface area (Å²) in [5.41, 5.74) is 0.660. The lowest BCUT2D eigenvalue weighted by atomic mass is 10.2. The van der Waals surface area contributed by atoms with Crippen molar-refractivity contribution in [1.82, 2.24) is 19.5 Å². The molecule has 0 aliphatic carbocycles. The van der Waals surface area contributed by atoms with Crippen molar-refractivity contribution in [3.8, 4) is 10.7 Å². The van der Waals surface area contributed by atoms with Gasteiger partial charge in [0.25, 0.3) is 5.91 Å². The molecule has 152 valence electrons. The second-order valence-electron chi connectivity index (χ2n) is 6.34. The van der Waals surface area contributed by atoms with E-state index in [1.54, 1.807) is 32.2 Å². The van der Waals surface area contributed by atoms with Crippen LogP contribution in [-0.2, 0) is 10.0 Å². The van der Waals surface area contributed by atoms with E-state index < -0.39 is 15.9 Å². The number of carbonyl (C=O) groups excluding carboxylic acids is 1. The van der Waals surface area contributed by atoms with Gasteiger partial charge in [-0.3, -0.25) is 15.1 Å². The Morgan fingerprint density at radius 3 is 2.62 bits per heavy atom. The summed E-state index contributed by atoms with van der Waals surface area (Å²) >= 11 is 7.29. The highest BCUT2D eigenvalue weighted by Gasteiger charge is 2.25. The van der Waals surface area contributed by atoms with Gasteiger partial charge in [-0.05, 0) is 44.2 Å². The first-order valence-electron chi connectivity index (χ1n) is 8.54. The number of pyridine rings is 1.